The van der Waals surface area contributed by atoms with Crippen molar-refractivity contribution in [3.63, 3.8) is 0 Å². The fraction of sp³-hybridized carbons (Fsp3) is 0.412. The Labute approximate surface area is 157 Å². The number of rotatable bonds is 4. The molecule has 144 valence electrons. The van der Waals surface area contributed by atoms with Gasteiger partial charge in [0.05, 0.1) is 17.9 Å². The lowest BCUT2D eigenvalue weighted by molar-refractivity contribution is -0.186. The maximum absolute atomic E-state index is 12.4. The van der Waals surface area contributed by atoms with Crippen molar-refractivity contribution in [1.29, 1.82) is 0 Å². The van der Waals surface area contributed by atoms with Crippen molar-refractivity contribution in [2.75, 3.05) is 13.1 Å². The number of amides is 2. The Morgan fingerprint density at radius 3 is 2.59 bits per heavy atom. The first kappa shape index (κ1) is 19.3. The van der Waals surface area contributed by atoms with E-state index in [2.05, 4.69) is 15.3 Å². The van der Waals surface area contributed by atoms with Crippen molar-refractivity contribution in [3.05, 3.63) is 34.8 Å². The third kappa shape index (κ3) is 4.82. The summed E-state index contributed by atoms with van der Waals surface area (Å²) >= 11 is 1.40. The van der Waals surface area contributed by atoms with E-state index in [0.717, 1.165) is 16.3 Å². The van der Waals surface area contributed by atoms with Gasteiger partial charge in [-0.05, 0) is 25.0 Å². The molecular weight excluding hydrogens is 381 g/mol. The van der Waals surface area contributed by atoms with E-state index >= 15 is 0 Å². The van der Waals surface area contributed by atoms with Crippen LogP contribution in [0.1, 0.15) is 17.8 Å². The lowest BCUT2D eigenvalue weighted by Gasteiger charge is -2.31. The molecule has 0 spiro atoms. The number of pyridine rings is 1. The molecule has 27 heavy (non-hydrogen) atoms. The van der Waals surface area contributed by atoms with Crippen LogP contribution in [0, 0.1) is 5.92 Å². The normalized spacial score (nSPS) is 15.6. The molecule has 0 saturated carbocycles. The molecule has 3 rings (SSSR count). The Balaban J connectivity index is 1.48. The Kier molecular flexibility index (Phi) is 5.73. The fourth-order valence-corrected chi connectivity index (χ4v) is 3.58. The Bertz CT molecular complexity index is 802. The van der Waals surface area contributed by atoms with Crippen LogP contribution in [0.5, 0.6) is 0 Å². The third-order valence-electron chi connectivity index (χ3n) is 4.29. The molecule has 0 aromatic carbocycles. The quantitative estimate of drug-likeness (QED) is 0.859. The van der Waals surface area contributed by atoms with Gasteiger partial charge < -0.3 is 10.2 Å². The molecule has 0 bridgehead atoms. The SMILES string of the molecule is O=C(NCc1nc(-c2ccccn2)cs1)C1CCN(C(=O)C(F)(F)F)CC1. The van der Waals surface area contributed by atoms with E-state index in [1.165, 1.54) is 11.3 Å². The van der Waals surface area contributed by atoms with Gasteiger partial charge in [-0.2, -0.15) is 13.2 Å². The molecule has 1 aliphatic heterocycles. The van der Waals surface area contributed by atoms with Crippen LogP contribution in [0.2, 0.25) is 0 Å². The first-order valence-electron chi connectivity index (χ1n) is 8.34. The topological polar surface area (TPSA) is 75.2 Å². The summed E-state index contributed by atoms with van der Waals surface area (Å²) in [5.74, 6) is -2.48. The summed E-state index contributed by atoms with van der Waals surface area (Å²) in [5, 5.41) is 5.34. The van der Waals surface area contributed by atoms with E-state index in [1.807, 2.05) is 23.6 Å². The maximum Gasteiger partial charge on any atom is 0.471 e. The summed E-state index contributed by atoms with van der Waals surface area (Å²) in [6, 6.07) is 5.51. The highest BCUT2D eigenvalue weighted by molar-refractivity contribution is 7.09. The smallest absolute Gasteiger partial charge is 0.349 e. The zero-order valence-corrected chi connectivity index (χ0v) is 15.0. The molecule has 6 nitrogen and oxygen atoms in total. The van der Waals surface area contributed by atoms with Gasteiger partial charge in [0.2, 0.25) is 5.91 Å². The van der Waals surface area contributed by atoms with Crippen molar-refractivity contribution in [1.82, 2.24) is 20.2 Å². The Hall–Kier alpha value is -2.49. The molecular formula is C17H17F3N4O2S. The van der Waals surface area contributed by atoms with Gasteiger partial charge in [0.25, 0.3) is 0 Å². The number of hydrogen-bond donors (Lipinski definition) is 1. The van der Waals surface area contributed by atoms with Gasteiger partial charge in [0.1, 0.15) is 5.01 Å². The van der Waals surface area contributed by atoms with Gasteiger partial charge in [-0.3, -0.25) is 14.6 Å². The van der Waals surface area contributed by atoms with Gasteiger partial charge in [-0.1, -0.05) is 6.07 Å². The zero-order valence-electron chi connectivity index (χ0n) is 14.2. The molecule has 2 aromatic heterocycles. The highest BCUT2D eigenvalue weighted by Gasteiger charge is 2.43. The maximum atomic E-state index is 12.4. The first-order chi connectivity index (χ1) is 12.8. The first-order valence-corrected chi connectivity index (χ1v) is 9.22. The summed E-state index contributed by atoms with van der Waals surface area (Å²) in [7, 11) is 0. The van der Waals surface area contributed by atoms with E-state index in [0.29, 0.717) is 5.01 Å². The summed E-state index contributed by atoms with van der Waals surface area (Å²) in [6.45, 7) is 0.104. The number of thiazole rings is 1. The second kappa shape index (κ2) is 8.03. The van der Waals surface area contributed by atoms with Crippen molar-refractivity contribution in [2.24, 2.45) is 5.92 Å². The van der Waals surface area contributed by atoms with Gasteiger partial charge in [0.15, 0.2) is 0 Å². The fourth-order valence-electron chi connectivity index (χ4n) is 2.86. The van der Waals surface area contributed by atoms with Crippen LogP contribution in [0.3, 0.4) is 0 Å². The number of halogens is 3. The number of nitrogens with zero attached hydrogens (tertiary/aromatic N) is 3. The molecule has 2 aromatic rings. The minimum atomic E-state index is -4.87. The molecule has 2 amide bonds. The van der Waals surface area contributed by atoms with Gasteiger partial charge >= 0.3 is 12.1 Å². The van der Waals surface area contributed by atoms with Crippen LogP contribution < -0.4 is 5.32 Å². The molecule has 0 atom stereocenters. The number of hydrogen-bond acceptors (Lipinski definition) is 5. The molecule has 0 aliphatic carbocycles. The standard InChI is InChI=1S/C17H17F3N4O2S/c18-17(19,20)16(26)24-7-4-11(5-8-24)15(25)22-9-14-23-13(10-27-14)12-3-1-2-6-21-12/h1-3,6,10-11H,4-5,7-9H2,(H,22,25). The van der Waals surface area contributed by atoms with Crippen molar-refractivity contribution in [3.8, 4) is 11.4 Å². The molecule has 1 aliphatic rings. The second-order valence-electron chi connectivity index (χ2n) is 6.12. The Morgan fingerprint density at radius 2 is 1.96 bits per heavy atom. The molecule has 3 heterocycles. The van der Waals surface area contributed by atoms with E-state index < -0.39 is 18.0 Å². The van der Waals surface area contributed by atoms with Gasteiger partial charge in [0, 0.05) is 30.6 Å². The summed E-state index contributed by atoms with van der Waals surface area (Å²) < 4.78 is 37.3. The van der Waals surface area contributed by atoms with Crippen LogP contribution in [0.15, 0.2) is 29.8 Å². The predicted molar refractivity (Wildman–Crippen MR) is 92.6 cm³/mol. The number of aromatic nitrogens is 2. The van der Waals surface area contributed by atoms with Crippen molar-refractivity contribution < 1.29 is 22.8 Å². The van der Waals surface area contributed by atoms with E-state index in [4.69, 9.17) is 0 Å². The monoisotopic (exact) mass is 398 g/mol. The minimum absolute atomic E-state index is 0.0719. The Morgan fingerprint density at radius 1 is 1.22 bits per heavy atom. The highest BCUT2D eigenvalue weighted by atomic mass is 32.1. The number of carbonyl (C=O) groups excluding carboxylic acids is 2. The summed E-state index contributed by atoms with van der Waals surface area (Å²) in [4.78, 5) is 32.9. The average molecular weight is 398 g/mol. The van der Waals surface area contributed by atoms with Gasteiger partial charge in [-0.25, -0.2) is 4.98 Å². The molecule has 1 saturated heterocycles. The number of piperidine rings is 1. The lowest BCUT2D eigenvalue weighted by atomic mass is 9.96. The highest BCUT2D eigenvalue weighted by Crippen LogP contribution is 2.24. The van der Waals surface area contributed by atoms with Crippen LogP contribution in [-0.4, -0.2) is 45.9 Å². The number of carbonyl (C=O) groups is 2. The van der Waals surface area contributed by atoms with Crippen LogP contribution >= 0.6 is 11.3 Å². The minimum Gasteiger partial charge on any atom is -0.349 e. The number of nitrogens with one attached hydrogen (secondary N) is 1. The second-order valence-corrected chi connectivity index (χ2v) is 7.07. The van der Waals surface area contributed by atoms with E-state index in [9.17, 15) is 22.8 Å². The largest absolute Gasteiger partial charge is 0.471 e. The molecule has 1 N–H and O–H groups in total. The third-order valence-corrected chi connectivity index (χ3v) is 5.14. The van der Waals surface area contributed by atoms with Crippen molar-refractivity contribution in [2.45, 2.75) is 25.6 Å². The van der Waals surface area contributed by atoms with Crippen molar-refractivity contribution >= 4 is 23.2 Å². The lowest BCUT2D eigenvalue weighted by Crippen LogP contribution is -2.47. The summed E-state index contributed by atoms with van der Waals surface area (Å²) in [5.41, 5.74) is 1.47. The van der Waals surface area contributed by atoms with Crippen LogP contribution in [0.25, 0.3) is 11.4 Å². The van der Waals surface area contributed by atoms with Gasteiger partial charge in [-0.15, -0.1) is 11.3 Å². The van der Waals surface area contributed by atoms with Crippen LogP contribution in [0.4, 0.5) is 13.2 Å². The molecule has 10 heteroatoms. The van der Waals surface area contributed by atoms with E-state index in [-0.39, 0.29) is 38.4 Å². The summed E-state index contributed by atoms with van der Waals surface area (Å²) in [6.07, 6.45) is -2.77. The molecule has 0 unspecified atom stereocenters. The molecule has 1 fully saturated rings. The number of alkyl halides is 3. The van der Waals surface area contributed by atoms with E-state index in [1.54, 1.807) is 6.20 Å². The molecule has 0 radical (unpaired) electrons. The average Bonchev–Trinajstić information content (AvgIpc) is 3.15. The predicted octanol–water partition coefficient (Wildman–Crippen LogP) is 2.62. The zero-order chi connectivity index (χ0) is 19.4. The number of likely N-dealkylation sites (tertiary alicyclic amines) is 1. The van der Waals surface area contributed by atoms with Crippen LogP contribution in [-0.2, 0) is 16.1 Å².